The summed E-state index contributed by atoms with van der Waals surface area (Å²) in [5, 5.41) is 9.79. The van der Waals surface area contributed by atoms with Crippen LogP contribution in [0.25, 0.3) is 11.4 Å². The molecule has 0 unspecified atom stereocenters. The highest BCUT2D eigenvalue weighted by atomic mass is 16.2. The van der Waals surface area contributed by atoms with Gasteiger partial charge in [-0.25, -0.2) is 0 Å². The fourth-order valence-electron chi connectivity index (χ4n) is 3.08. The Morgan fingerprint density at radius 2 is 1.96 bits per heavy atom. The normalized spacial score (nSPS) is 21.6. The number of H-pyrrole nitrogens is 1. The van der Waals surface area contributed by atoms with Crippen LogP contribution >= 0.6 is 0 Å². The third-order valence-corrected chi connectivity index (χ3v) is 4.47. The summed E-state index contributed by atoms with van der Waals surface area (Å²) in [7, 11) is 0. The van der Waals surface area contributed by atoms with Gasteiger partial charge in [0.2, 0.25) is 11.9 Å². The summed E-state index contributed by atoms with van der Waals surface area (Å²) in [4.78, 5) is 16.8. The number of carbonyl (C=O) groups is 1. The van der Waals surface area contributed by atoms with Crippen LogP contribution in [0.4, 0.5) is 5.95 Å². The van der Waals surface area contributed by atoms with Crippen LogP contribution in [0.2, 0.25) is 0 Å². The molecular weight excluding hydrogens is 288 g/mol. The first-order valence-electron chi connectivity index (χ1n) is 7.83. The number of nitrogens with zero attached hydrogens (tertiary/aromatic N) is 2. The van der Waals surface area contributed by atoms with Crippen molar-refractivity contribution in [3.05, 3.63) is 42.0 Å². The van der Waals surface area contributed by atoms with Crippen LogP contribution in [0.3, 0.4) is 0 Å². The molecule has 2 aromatic rings. The zero-order valence-corrected chi connectivity index (χ0v) is 13.9. The van der Waals surface area contributed by atoms with Gasteiger partial charge >= 0.3 is 0 Å². The first-order chi connectivity index (χ1) is 10.9. The number of nitrogens with one attached hydrogen (secondary N) is 2. The minimum atomic E-state index is -0.0314. The summed E-state index contributed by atoms with van der Waals surface area (Å²) >= 11 is 0. The van der Waals surface area contributed by atoms with Crippen molar-refractivity contribution in [3.8, 4) is 11.4 Å². The minimum Gasteiger partial charge on any atom is -0.293 e. The molecule has 120 valence electrons. The molecule has 5 nitrogen and oxygen atoms in total. The van der Waals surface area contributed by atoms with Gasteiger partial charge in [0.05, 0.1) is 5.92 Å². The van der Waals surface area contributed by atoms with Gasteiger partial charge in [-0.15, -0.1) is 5.10 Å². The molecule has 0 spiro atoms. The van der Waals surface area contributed by atoms with Crippen molar-refractivity contribution in [1.82, 2.24) is 15.2 Å². The molecule has 0 aliphatic heterocycles. The van der Waals surface area contributed by atoms with E-state index in [0.717, 1.165) is 5.56 Å². The van der Waals surface area contributed by atoms with E-state index in [1.807, 2.05) is 30.3 Å². The maximum Gasteiger partial charge on any atom is 0.249 e. The monoisotopic (exact) mass is 310 g/mol. The Morgan fingerprint density at radius 1 is 1.26 bits per heavy atom. The molecule has 5 heteroatoms. The molecule has 2 N–H and O–H groups in total. The number of amides is 1. The van der Waals surface area contributed by atoms with Crippen LogP contribution in [-0.4, -0.2) is 21.1 Å². The van der Waals surface area contributed by atoms with Crippen LogP contribution in [-0.2, 0) is 4.79 Å². The van der Waals surface area contributed by atoms with Crippen molar-refractivity contribution < 1.29 is 4.79 Å². The summed E-state index contributed by atoms with van der Waals surface area (Å²) in [5.41, 5.74) is 2.16. The quantitative estimate of drug-likeness (QED) is 0.847. The topological polar surface area (TPSA) is 70.7 Å². The zero-order valence-electron chi connectivity index (χ0n) is 13.9. The molecular formula is C18H22N4O. The van der Waals surface area contributed by atoms with Gasteiger partial charge in [-0.2, -0.15) is 4.98 Å². The highest BCUT2D eigenvalue weighted by Crippen LogP contribution is 2.59. The van der Waals surface area contributed by atoms with E-state index in [2.05, 4.69) is 54.3 Å². The molecule has 2 atom stereocenters. The summed E-state index contributed by atoms with van der Waals surface area (Å²) in [6.45, 7) is 8.36. The second kappa shape index (κ2) is 5.65. The van der Waals surface area contributed by atoms with Crippen LogP contribution in [0, 0.1) is 17.3 Å². The second-order valence-corrected chi connectivity index (χ2v) is 6.93. The molecule has 0 radical (unpaired) electrons. The number of anilines is 1. The first-order valence-corrected chi connectivity index (χ1v) is 7.83. The van der Waals surface area contributed by atoms with Crippen molar-refractivity contribution in [2.75, 3.05) is 5.32 Å². The van der Waals surface area contributed by atoms with Gasteiger partial charge in [0.1, 0.15) is 0 Å². The number of rotatable bonds is 4. The number of hydrogen-bond acceptors (Lipinski definition) is 3. The van der Waals surface area contributed by atoms with E-state index in [0.29, 0.717) is 11.8 Å². The summed E-state index contributed by atoms with van der Waals surface area (Å²) < 4.78 is 0. The smallest absolute Gasteiger partial charge is 0.249 e. The molecule has 0 saturated heterocycles. The Hall–Kier alpha value is -2.43. The van der Waals surface area contributed by atoms with Gasteiger partial charge in [-0.3, -0.25) is 15.2 Å². The van der Waals surface area contributed by atoms with Crippen LogP contribution in [0.5, 0.6) is 0 Å². The Balaban J connectivity index is 1.70. The third kappa shape index (κ3) is 3.04. The number of allylic oxidation sites excluding steroid dienone is 2. The van der Waals surface area contributed by atoms with Gasteiger partial charge in [0.15, 0.2) is 5.82 Å². The summed E-state index contributed by atoms with van der Waals surface area (Å²) in [6, 6.07) is 9.71. The standard InChI is InChI=1S/C18H22N4O/c1-11(2)10-13-14(18(13,3)4)16(23)20-17-19-15(21-22-17)12-8-6-5-7-9-12/h5-10,13-14H,1-4H3,(H2,19,20,21,22,23)/t13-,14+/m0/s1. The molecule has 1 aliphatic rings. The van der Waals surface area contributed by atoms with Crippen LogP contribution < -0.4 is 5.32 Å². The van der Waals surface area contributed by atoms with E-state index >= 15 is 0 Å². The van der Waals surface area contributed by atoms with Crippen molar-refractivity contribution >= 4 is 11.9 Å². The van der Waals surface area contributed by atoms with Crippen molar-refractivity contribution in [3.63, 3.8) is 0 Å². The number of hydrogen-bond donors (Lipinski definition) is 2. The van der Waals surface area contributed by atoms with Crippen LogP contribution in [0.1, 0.15) is 27.7 Å². The van der Waals surface area contributed by atoms with Crippen LogP contribution in [0.15, 0.2) is 42.0 Å². The van der Waals surface area contributed by atoms with Gasteiger partial charge in [0.25, 0.3) is 0 Å². The molecule has 3 rings (SSSR count). The summed E-state index contributed by atoms with van der Waals surface area (Å²) in [6.07, 6.45) is 2.18. The maximum absolute atomic E-state index is 12.5. The van der Waals surface area contributed by atoms with E-state index < -0.39 is 0 Å². The fourth-order valence-corrected chi connectivity index (χ4v) is 3.08. The molecule has 1 saturated carbocycles. The SMILES string of the molecule is CC(C)=C[C@H]1[C@H](C(=O)Nc2n[nH]c(-c3ccccc3)n2)C1(C)C. The average molecular weight is 310 g/mol. The van der Waals surface area contributed by atoms with Gasteiger partial charge < -0.3 is 0 Å². The highest BCUT2D eigenvalue weighted by Gasteiger charge is 2.60. The van der Waals surface area contributed by atoms with Crippen molar-refractivity contribution in [2.45, 2.75) is 27.7 Å². The van der Waals surface area contributed by atoms with E-state index in [1.165, 1.54) is 5.57 Å². The molecule has 0 bridgehead atoms. The van der Waals surface area contributed by atoms with Gasteiger partial charge in [0, 0.05) is 5.56 Å². The molecule has 1 heterocycles. The number of carbonyl (C=O) groups excluding carboxylic acids is 1. The third-order valence-electron chi connectivity index (χ3n) is 4.47. The lowest BCUT2D eigenvalue weighted by molar-refractivity contribution is -0.118. The molecule has 1 aliphatic carbocycles. The molecule has 23 heavy (non-hydrogen) atoms. The lowest BCUT2D eigenvalue weighted by Crippen LogP contribution is -2.17. The van der Waals surface area contributed by atoms with E-state index in [1.54, 1.807) is 0 Å². The Labute approximate surface area is 136 Å². The zero-order chi connectivity index (χ0) is 16.6. The average Bonchev–Trinajstić information content (AvgIpc) is 2.86. The Morgan fingerprint density at radius 3 is 2.61 bits per heavy atom. The number of benzene rings is 1. The molecule has 1 aromatic heterocycles. The summed E-state index contributed by atoms with van der Waals surface area (Å²) in [5.74, 6) is 1.21. The first kappa shape index (κ1) is 15.5. The van der Waals surface area contributed by atoms with E-state index in [-0.39, 0.29) is 23.2 Å². The molecule has 1 aromatic carbocycles. The number of aromatic nitrogens is 3. The maximum atomic E-state index is 12.5. The van der Waals surface area contributed by atoms with Crippen molar-refractivity contribution in [2.24, 2.45) is 17.3 Å². The minimum absolute atomic E-state index is 0.0140. The molecule has 1 fully saturated rings. The van der Waals surface area contributed by atoms with Crippen molar-refractivity contribution in [1.29, 1.82) is 0 Å². The predicted molar refractivity (Wildman–Crippen MR) is 90.6 cm³/mol. The second-order valence-electron chi connectivity index (χ2n) is 6.93. The number of aromatic amines is 1. The fraction of sp³-hybridized carbons (Fsp3) is 0.389. The lowest BCUT2D eigenvalue weighted by atomic mass is 10.1. The Kier molecular flexibility index (Phi) is 3.80. The largest absolute Gasteiger partial charge is 0.293 e. The van der Waals surface area contributed by atoms with E-state index in [9.17, 15) is 4.79 Å². The Bertz CT molecular complexity index is 741. The van der Waals surface area contributed by atoms with Gasteiger partial charge in [-0.1, -0.05) is 55.8 Å². The lowest BCUT2D eigenvalue weighted by Gasteiger charge is -2.01. The highest BCUT2D eigenvalue weighted by molar-refractivity contribution is 5.94. The molecule has 1 amide bonds. The van der Waals surface area contributed by atoms with Gasteiger partial charge in [-0.05, 0) is 25.2 Å². The van der Waals surface area contributed by atoms with E-state index in [4.69, 9.17) is 0 Å². The predicted octanol–water partition coefficient (Wildman–Crippen LogP) is 3.65.